The molecule has 1 aromatic rings. The fraction of sp³-hybridized carbons (Fsp3) is 0.444. The number of amides is 3. The lowest BCUT2D eigenvalue weighted by Gasteiger charge is -2.25. The van der Waals surface area contributed by atoms with E-state index < -0.39 is 23.5 Å². The van der Waals surface area contributed by atoms with Gasteiger partial charge in [0.15, 0.2) is 6.29 Å². The number of halogens is 2. The topological polar surface area (TPSA) is 103 Å². The molecule has 2 rings (SSSR count). The molecule has 1 unspecified atom stereocenters. The number of anilines is 1. The Balaban J connectivity index is 2.37. The first kappa shape index (κ1) is 22.0. The van der Waals surface area contributed by atoms with E-state index in [0.29, 0.717) is 15.7 Å². The molecule has 1 atom stereocenters. The molecule has 1 saturated heterocycles. The summed E-state index contributed by atoms with van der Waals surface area (Å²) >= 11 is 12.0. The molecule has 1 aliphatic rings. The van der Waals surface area contributed by atoms with Gasteiger partial charge in [0.1, 0.15) is 0 Å². The van der Waals surface area contributed by atoms with Crippen molar-refractivity contribution in [3.05, 3.63) is 28.2 Å². The maximum absolute atomic E-state index is 12.5. The number of aliphatic imine (C=N–C) groups is 1. The van der Waals surface area contributed by atoms with E-state index in [9.17, 15) is 14.4 Å². The minimum Gasteiger partial charge on any atom is -0.347 e. The number of guanidine groups is 1. The molecule has 1 heterocycles. The largest absolute Gasteiger partial charge is 0.347 e. The van der Waals surface area contributed by atoms with Gasteiger partial charge in [-0.1, -0.05) is 44.0 Å². The SMILES string of the molecule is CC(C)N1C(=O)C(=O)NC1=NC(NC(=O)C(C)(C)C)Nc1ccc(Cl)c(Cl)c1. The van der Waals surface area contributed by atoms with Gasteiger partial charge >= 0.3 is 11.8 Å². The molecule has 10 heteroatoms. The van der Waals surface area contributed by atoms with Gasteiger partial charge in [0, 0.05) is 17.1 Å². The number of hydrogen-bond donors (Lipinski definition) is 3. The Labute approximate surface area is 173 Å². The van der Waals surface area contributed by atoms with Crippen LogP contribution in [0.25, 0.3) is 0 Å². The molecule has 152 valence electrons. The van der Waals surface area contributed by atoms with Crippen molar-refractivity contribution in [3.8, 4) is 0 Å². The van der Waals surface area contributed by atoms with E-state index in [1.54, 1.807) is 52.8 Å². The van der Waals surface area contributed by atoms with E-state index in [0.717, 1.165) is 0 Å². The zero-order chi connectivity index (χ0) is 21.2. The fourth-order valence-corrected chi connectivity index (χ4v) is 2.60. The summed E-state index contributed by atoms with van der Waals surface area (Å²) < 4.78 is 0. The Bertz CT molecular complexity index is 833. The highest BCUT2D eigenvalue weighted by Crippen LogP contribution is 2.25. The lowest BCUT2D eigenvalue weighted by Crippen LogP contribution is -2.47. The fourth-order valence-electron chi connectivity index (χ4n) is 2.30. The van der Waals surface area contributed by atoms with Crippen LogP contribution < -0.4 is 16.0 Å². The highest BCUT2D eigenvalue weighted by Gasteiger charge is 2.37. The van der Waals surface area contributed by atoms with E-state index in [1.165, 1.54) is 4.90 Å². The first-order valence-electron chi connectivity index (χ1n) is 8.65. The van der Waals surface area contributed by atoms with Crippen molar-refractivity contribution in [2.45, 2.75) is 47.0 Å². The van der Waals surface area contributed by atoms with Gasteiger partial charge in [-0.25, -0.2) is 4.99 Å². The van der Waals surface area contributed by atoms with E-state index in [1.807, 2.05) is 0 Å². The van der Waals surface area contributed by atoms with Gasteiger partial charge in [-0.15, -0.1) is 0 Å². The molecule has 0 spiro atoms. The third kappa shape index (κ3) is 5.14. The number of carbonyl (C=O) groups excluding carboxylic acids is 3. The van der Waals surface area contributed by atoms with Crippen LogP contribution in [0.2, 0.25) is 10.0 Å². The second kappa shape index (κ2) is 8.36. The molecule has 0 bridgehead atoms. The summed E-state index contributed by atoms with van der Waals surface area (Å²) in [6, 6.07) is 4.56. The number of nitrogens with one attached hydrogen (secondary N) is 3. The van der Waals surface area contributed by atoms with Gasteiger partial charge in [-0.2, -0.15) is 0 Å². The monoisotopic (exact) mass is 427 g/mol. The molecule has 1 fully saturated rings. The van der Waals surface area contributed by atoms with Gasteiger partial charge < -0.3 is 10.6 Å². The number of hydrogen-bond acceptors (Lipinski definition) is 5. The van der Waals surface area contributed by atoms with Gasteiger partial charge in [-0.3, -0.25) is 24.6 Å². The smallest absolute Gasteiger partial charge is 0.319 e. The maximum Gasteiger partial charge on any atom is 0.319 e. The van der Waals surface area contributed by atoms with Gasteiger partial charge in [0.2, 0.25) is 11.9 Å². The summed E-state index contributed by atoms with van der Waals surface area (Å²) in [6.07, 6.45) is -0.966. The molecule has 1 aromatic carbocycles. The molecular formula is C18H23Cl2N5O3. The highest BCUT2D eigenvalue weighted by atomic mass is 35.5. The van der Waals surface area contributed by atoms with Crippen molar-refractivity contribution in [2.24, 2.45) is 10.4 Å². The summed E-state index contributed by atoms with van der Waals surface area (Å²) in [5, 5.41) is 8.91. The maximum atomic E-state index is 12.5. The molecule has 28 heavy (non-hydrogen) atoms. The van der Waals surface area contributed by atoms with Crippen LogP contribution >= 0.6 is 23.2 Å². The first-order valence-corrected chi connectivity index (χ1v) is 9.40. The summed E-state index contributed by atoms with van der Waals surface area (Å²) in [6.45, 7) is 8.78. The summed E-state index contributed by atoms with van der Waals surface area (Å²) in [5.41, 5.74) is -0.130. The number of carbonyl (C=O) groups is 3. The first-order chi connectivity index (χ1) is 12.9. The summed E-state index contributed by atoms with van der Waals surface area (Å²) in [4.78, 5) is 41.9. The molecule has 0 aliphatic carbocycles. The second-order valence-corrected chi connectivity index (χ2v) is 8.39. The van der Waals surface area contributed by atoms with Crippen LogP contribution in [-0.2, 0) is 14.4 Å². The number of benzene rings is 1. The van der Waals surface area contributed by atoms with Crippen LogP contribution in [0.15, 0.2) is 23.2 Å². The van der Waals surface area contributed by atoms with Crippen LogP contribution in [0.3, 0.4) is 0 Å². The van der Waals surface area contributed by atoms with E-state index in [2.05, 4.69) is 20.9 Å². The molecule has 3 amide bonds. The van der Waals surface area contributed by atoms with Gasteiger partial charge in [-0.05, 0) is 32.0 Å². The van der Waals surface area contributed by atoms with Crippen molar-refractivity contribution < 1.29 is 14.4 Å². The van der Waals surface area contributed by atoms with Crippen LogP contribution in [0, 0.1) is 5.41 Å². The van der Waals surface area contributed by atoms with E-state index in [4.69, 9.17) is 23.2 Å². The average molecular weight is 428 g/mol. The van der Waals surface area contributed by atoms with Crippen molar-refractivity contribution in [2.75, 3.05) is 5.32 Å². The van der Waals surface area contributed by atoms with Crippen LogP contribution in [0.4, 0.5) is 5.69 Å². The Hall–Kier alpha value is -2.32. The lowest BCUT2D eigenvalue weighted by molar-refractivity contribution is -0.140. The molecule has 0 aromatic heterocycles. The Kier molecular flexibility index (Phi) is 6.56. The normalized spacial score (nSPS) is 17.1. The quantitative estimate of drug-likeness (QED) is 0.496. The predicted molar refractivity (Wildman–Crippen MR) is 109 cm³/mol. The minimum absolute atomic E-state index is 0.0526. The molecule has 0 radical (unpaired) electrons. The predicted octanol–water partition coefficient (Wildman–Crippen LogP) is 2.57. The third-order valence-electron chi connectivity index (χ3n) is 3.81. The highest BCUT2D eigenvalue weighted by molar-refractivity contribution is 6.45. The van der Waals surface area contributed by atoms with Crippen molar-refractivity contribution in [3.63, 3.8) is 0 Å². The Morgan fingerprint density at radius 2 is 1.82 bits per heavy atom. The van der Waals surface area contributed by atoms with Crippen LogP contribution in [0.5, 0.6) is 0 Å². The molecular weight excluding hydrogens is 405 g/mol. The standard InChI is InChI=1S/C18H23Cl2N5O3/c1-9(2)25-14(27)13(26)22-17(25)24-16(23-15(28)18(3,4)5)21-10-6-7-11(19)12(20)8-10/h6-9,16,21H,1-5H3,(H,23,28)(H,22,24,26). The van der Waals surface area contributed by atoms with Crippen molar-refractivity contribution in [1.82, 2.24) is 15.5 Å². The number of rotatable bonds is 5. The Morgan fingerprint density at radius 1 is 1.18 bits per heavy atom. The minimum atomic E-state index is -0.966. The van der Waals surface area contributed by atoms with Gasteiger partial charge in [0.25, 0.3) is 0 Å². The Morgan fingerprint density at radius 3 is 2.36 bits per heavy atom. The van der Waals surface area contributed by atoms with E-state index >= 15 is 0 Å². The van der Waals surface area contributed by atoms with E-state index in [-0.39, 0.29) is 17.9 Å². The number of nitrogens with zero attached hydrogens (tertiary/aromatic N) is 2. The zero-order valence-corrected chi connectivity index (χ0v) is 17.8. The lowest BCUT2D eigenvalue weighted by atomic mass is 9.96. The van der Waals surface area contributed by atoms with Crippen LogP contribution in [-0.4, -0.2) is 40.9 Å². The molecule has 3 N–H and O–H groups in total. The van der Waals surface area contributed by atoms with Gasteiger partial charge in [0.05, 0.1) is 10.0 Å². The zero-order valence-electron chi connectivity index (χ0n) is 16.3. The average Bonchev–Trinajstić information content (AvgIpc) is 2.84. The second-order valence-electron chi connectivity index (χ2n) is 7.57. The summed E-state index contributed by atoms with van der Waals surface area (Å²) in [5.74, 6) is -1.70. The third-order valence-corrected chi connectivity index (χ3v) is 4.55. The molecule has 0 saturated carbocycles. The summed E-state index contributed by atoms with van der Waals surface area (Å²) in [7, 11) is 0. The molecule has 1 aliphatic heterocycles. The van der Waals surface area contributed by atoms with Crippen molar-refractivity contribution in [1.29, 1.82) is 0 Å². The van der Waals surface area contributed by atoms with Crippen molar-refractivity contribution >= 4 is 52.6 Å². The molecule has 8 nitrogen and oxygen atoms in total. The van der Waals surface area contributed by atoms with Crippen LogP contribution in [0.1, 0.15) is 34.6 Å².